The molecule has 36 heavy (non-hydrogen) atoms. The zero-order chi connectivity index (χ0) is 25.2. The summed E-state index contributed by atoms with van der Waals surface area (Å²) in [4.78, 5) is 39.4. The second kappa shape index (κ2) is 9.64. The molecule has 4 aromatic rings. The summed E-state index contributed by atoms with van der Waals surface area (Å²) < 4.78 is 19.5. The standard InChI is InChI=1S/C28H18ClFN2O4/c29-24-8-4-2-6-18(24)16-36-25-14-9-17-5-1-3-7-21(17)22(25)15-23-26(33)31-28(35)32(27(23)34)20-12-10-19(30)11-13-20/h1-15H,16H2,(H,31,33,35)/b23-15+. The van der Waals surface area contributed by atoms with Gasteiger partial charge in [0.05, 0.1) is 5.69 Å². The molecule has 178 valence electrons. The molecule has 1 fully saturated rings. The van der Waals surface area contributed by atoms with Gasteiger partial charge in [-0.1, -0.05) is 60.1 Å². The van der Waals surface area contributed by atoms with E-state index in [4.69, 9.17) is 16.3 Å². The smallest absolute Gasteiger partial charge is 0.335 e. The molecule has 4 amide bonds. The van der Waals surface area contributed by atoms with Gasteiger partial charge < -0.3 is 4.74 Å². The molecular formula is C28H18ClFN2O4. The lowest BCUT2D eigenvalue weighted by molar-refractivity contribution is -0.122. The van der Waals surface area contributed by atoms with Crippen LogP contribution in [0.4, 0.5) is 14.9 Å². The van der Waals surface area contributed by atoms with Gasteiger partial charge in [-0.25, -0.2) is 14.1 Å². The van der Waals surface area contributed by atoms with Gasteiger partial charge in [0, 0.05) is 16.1 Å². The molecule has 8 heteroatoms. The zero-order valence-corrected chi connectivity index (χ0v) is 19.5. The number of hydrogen-bond acceptors (Lipinski definition) is 4. The van der Waals surface area contributed by atoms with E-state index in [1.54, 1.807) is 12.1 Å². The van der Waals surface area contributed by atoms with Gasteiger partial charge in [0.1, 0.15) is 23.7 Å². The van der Waals surface area contributed by atoms with Crippen molar-refractivity contribution >= 4 is 52.0 Å². The summed E-state index contributed by atoms with van der Waals surface area (Å²) in [5, 5.41) is 4.34. The minimum absolute atomic E-state index is 0.130. The molecule has 1 heterocycles. The van der Waals surface area contributed by atoms with Crippen molar-refractivity contribution in [1.29, 1.82) is 0 Å². The van der Waals surface area contributed by atoms with Crippen LogP contribution in [0.2, 0.25) is 5.02 Å². The van der Waals surface area contributed by atoms with Crippen molar-refractivity contribution in [1.82, 2.24) is 5.32 Å². The van der Waals surface area contributed by atoms with Crippen molar-refractivity contribution in [3.63, 3.8) is 0 Å². The van der Waals surface area contributed by atoms with E-state index in [2.05, 4.69) is 5.32 Å². The molecule has 0 aromatic heterocycles. The minimum atomic E-state index is -0.915. The first-order valence-electron chi connectivity index (χ1n) is 11.0. The molecule has 1 aliphatic rings. The molecule has 0 spiro atoms. The predicted octanol–water partition coefficient (Wildman–Crippen LogP) is 5.88. The molecule has 1 saturated heterocycles. The Morgan fingerprint density at radius 3 is 2.39 bits per heavy atom. The molecule has 1 aliphatic heterocycles. The van der Waals surface area contributed by atoms with Gasteiger partial charge in [-0.3, -0.25) is 14.9 Å². The summed E-state index contributed by atoms with van der Waals surface area (Å²) in [5.74, 6) is -1.77. The topological polar surface area (TPSA) is 75.7 Å². The maximum Gasteiger partial charge on any atom is 0.335 e. The number of rotatable bonds is 5. The van der Waals surface area contributed by atoms with Gasteiger partial charge in [-0.15, -0.1) is 0 Å². The molecule has 4 aromatic carbocycles. The summed E-state index contributed by atoms with van der Waals surface area (Å²) in [5.41, 5.74) is 1.13. The highest BCUT2D eigenvalue weighted by Gasteiger charge is 2.37. The molecule has 0 aliphatic carbocycles. The Morgan fingerprint density at radius 1 is 0.889 bits per heavy atom. The lowest BCUT2D eigenvalue weighted by Gasteiger charge is -2.26. The Hall–Kier alpha value is -4.49. The van der Waals surface area contributed by atoms with Crippen molar-refractivity contribution in [2.24, 2.45) is 0 Å². The predicted molar refractivity (Wildman–Crippen MR) is 135 cm³/mol. The second-order valence-corrected chi connectivity index (χ2v) is 8.42. The average molecular weight is 501 g/mol. The van der Waals surface area contributed by atoms with E-state index >= 15 is 0 Å². The van der Waals surface area contributed by atoms with Crippen LogP contribution < -0.4 is 15.0 Å². The van der Waals surface area contributed by atoms with Crippen LogP contribution in [0.5, 0.6) is 5.75 Å². The SMILES string of the molecule is O=C1NC(=O)N(c2ccc(F)cc2)C(=O)/C1=C/c1c(OCc2ccccc2Cl)ccc2ccccc12. The van der Waals surface area contributed by atoms with E-state index in [0.29, 0.717) is 16.3 Å². The van der Waals surface area contributed by atoms with Crippen LogP contribution in [0.15, 0.2) is 90.5 Å². The molecule has 0 radical (unpaired) electrons. The third-order valence-electron chi connectivity index (χ3n) is 5.75. The maximum absolute atomic E-state index is 13.4. The lowest BCUT2D eigenvalue weighted by Crippen LogP contribution is -2.54. The summed E-state index contributed by atoms with van der Waals surface area (Å²) in [6, 6.07) is 22.2. The molecule has 5 rings (SSSR count). The number of urea groups is 1. The van der Waals surface area contributed by atoms with Crippen molar-refractivity contribution in [3.8, 4) is 5.75 Å². The lowest BCUT2D eigenvalue weighted by atomic mass is 9.99. The number of ether oxygens (including phenoxy) is 1. The number of amides is 4. The number of carbonyl (C=O) groups is 3. The van der Waals surface area contributed by atoms with Crippen LogP contribution in [-0.4, -0.2) is 17.8 Å². The van der Waals surface area contributed by atoms with Gasteiger partial charge in [0.15, 0.2) is 0 Å². The number of benzene rings is 4. The fourth-order valence-electron chi connectivity index (χ4n) is 3.95. The van der Waals surface area contributed by atoms with E-state index in [-0.39, 0.29) is 17.9 Å². The Balaban J connectivity index is 1.59. The largest absolute Gasteiger partial charge is 0.488 e. The molecular weight excluding hydrogens is 483 g/mol. The third-order valence-corrected chi connectivity index (χ3v) is 6.12. The van der Waals surface area contributed by atoms with E-state index in [0.717, 1.165) is 33.4 Å². The molecule has 1 N–H and O–H groups in total. The van der Waals surface area contributed by atoms with Crippen molar-refractivity contribution in [3.05, 3.63) is 112 Å². The number of imide groups is 2. The van der Waals surface area contributed by atoms with Gasteiger partial charge in [-0.05, 0) is 53.2 Å². The van der Waals surface area contributed by atoms with Gasteiger partial charge in [0.2, 0.25) is 0 Å². The van der Waals surface area contributed by atoms with E-state index in [1.165, 1.54) is 18.2 Å². The number of carbonyl (C=O) groups excluding carboxylic acids is 3. The number of halogens is 2. The van der Waals surface area contributed by atoms with Gasteiger partial charge >= 0.3 is 6.03 Å². The van der Waals surface area contributed by atoms with E-state index in [1.807, 2.05) is 48.5 Å². The van der Waals surface area contributed by atoms with Crippen LogP contribution in [-0.2, 0) is 16.2 Å². The Kier molecular flexibility index (Phi) is 6.23. The van der Waals surface area contributed by atoms with E-state index in [9.17, 15) is 18.8 Å². The normalized spacial score (nSPS) is 14.9. The van der Waals surface area contributed by atoms with Crippen LogP contribution in [0.25, 0.3) is 16.8 Å². The fraction of sp³-hybridized carbons (Fsp3) is 0.0357. The Bertz CT molecular complexity index is 1550. The van der Waals surface area contributed by atoms with Gasteiger partial charge in [-0.2, -0.15) is 0 Å². The first-order valence-corrected chi connectivity index (χ1v) is 11.3. The van der Waals surface area contributed by atoms with Gasteiger partial charge in [0.25, 0.3) is 11.8 Å². The third kappa shape index (κ3) is 4.44. The molecule has 0 atom stereocenters. The minimum Gasteiger partial charge on any atom is -0.488 e. The first-order chi connectivity index (χ1) is 17.4. The van der Waals surface area contributed by atoms with Crippen molar-refractivity contribution in [2.45, 2.75) is 6.61 Å². The quantitative estimate of drug-likeness (QED) is 0.274. The molecule has 6 nitrogen and oxygen atoms in total. The highest BCUT2D eigenvalue weighted by atomic mass is 35.5. The van der Waals surface area contributed by atoms with Crippen LogP contribution >= 0.6 is 11.6 Å². The highest BCUT2D eigenvalue weighted by molar-refractivity contribution is 6.39. The Labute approximate surface area is 210 Å². The monoisotopic (exact) mass is 500 g/mol. The first kappa shape index (κ1) is 23.3. The van der Waals surface area contributed by atoms with Crippen molar-refractivity contribution in [2.75, 3.05) is 4.90 Å². The fourth-order valence-corrected chi connectivity index (χ4v) is 4.14. The molecule has 0 saturated carbocycles. The Morgan fingerprint density at radius 2 is 1.61 bits per heavy atom. The molecule has 0 unspecified atom stereocenters. The summed E-state index contributed by atoms with van der Waals surface area (Å²) in [6.07, 6.45) is 1.41. The number of barbiturate groups is 1. The number of hydrogen-bond donors (Lipinski definition) is 1. The molecule has 0 bridgehead atoms. The second-order valence-electron chi connectivity index (χ2n) is 8.01. The van der Waals surface area contributed by atoms with Crippen molar-refractivity contribution < 1.29 is 23.5 Å². The van der Waals surface area contributed by atoms with Crippen LogP contribution in [0.1, 0.15) is 11.1 Å². The van der Waals surface area contributed by atoms with E-state index < -0.39 is 23.7 Å². The van der Waals surface area contributed by atoms with Crippen LogP contribution in [0.3, 0.4) is 0 Å². The number of nitrogens with one attached hydrogen (secondary N) is 1. The maximum atomic E-state index is 13.4. The van der Waals surface area contributed by atoms with Crippen LogP contribution in [0, 0.1) is 5.82 Å². The number of nitrogens with zero attached hydrogens (tertiary/aromatic N) is 1. The summed E-state index contributed by atoms with van der Waals surface area (Å²) in [7, 11) is 0. The highest BCUT2D eigenvalue weighted by Crippen LogP contribution is 2.33. The summed E-state index contributed by atoms with van der Waals surface area (Å²) in [6.45, 7) is 0.161. The number of fused-ring (bicyclic) bond motifs is 1. The average Bonchev–Trinajstić information content (AvgIpc) is 2.87. The zero-order valence-electron chi connectivity index (χ0n) is 18.7. The number of anilines is 1. The summed E-state index contributed by atoms with van der Waals surface area (Å²) >= 11 is 6.27.